The van der Waals surface area contributed by atoms with Gasteiger partial charge in [0, 0.05) is 5.39 Å². The number of hydrogen-bond acceptors (Lipinski definition) is 4. The van der Waals surface area contributed by atoms with Crippen LogP contribution >= 0.6 is 11.8 Å². The molecule has 1 heterocycles. The van der Waals surface area contributed by atoms with Crippen molar-refractivity contribution in [1.29, 1.82) is 0 Å². The van der Waals surface area contributed by atoms with Gasteiger partial charge in [0.25, 0.3) is 5.91 Å². The average molecular weight is 369 g/mol. The number of furan rings is 1. The van der Waals surface area contributed by atoms with E-state index < -0.39 is 0 Å². The summed E-state index contributed by atoms with van der Waals surface area (Å²) in [4.78, 5) is 12.6. The third-order valence-corrected chi connectivity index (χ3v) is 4.77. The third-order valence-electron chi connectivity index (χ3n) is 4.13. The minimum absolute atomic E-state index is 0.0792. The van der Waals surface area contributed by atoms with Gasteiger partial charge in [-0.2, -0.15) is 11.8 Å². The highest BCUT2D eigenvalue weighted by Gasteiger charge is 2.18. The minimum atomic E-state index is -0.209. The van der Waals surface area contributed by atoms with E-state index in [1.807, 2.05) is 55.5 Å². The van der Waals surface area contributed by atoms with Crippen molar-refractivity contribution in [2.45, 2.75) is 19.4 Å². The van der Waals surface area contributed by atoms with E-state index in [0.717, 1.165) is 23.3 Å². The van der Waals surface area contributed by atoms with Gasteiger partial charge in [0.05, 0.1) is 6.04 Å². The summed E-state index contributed by atoms with van der Waals surface area (Å²) in [6.45, 7) is 2.47. The van der Waals surface area contributed by atoms with Gasteiger partial charge in [-0.15, -0.1) is 0 Å². The second kappa shape index (κ2) is 8.81. The normalized spacial score (nSPS) is 12.1. The number of thioether (sulfide) groups is 1. The number of fused-ring (bicyclic) bond motifs is 1. The van der Waals surface area contributed by atoms with Crippen molar-refractivity contribution in [3.63, 3.8) is 0 Å². The van der Waals surface area contributed by atoms with Gasteiger partial charge in [0.15, 0.2) is 5.76 Å². The van der Waals surface area contributed by atoms with E-state index in [1.54, 1.807) is 17.8 Å². The molecule has 2 aromatic carbocycles. The van der Waals surface area contributed by atoms with Crippen LogP contribution in [0.25, 0.3) is 11.0 Å². The predicted molar refractivity (Wildman–Crippen MR) is 107 cm³/mol. The first kappa shape index (κ1) is 18.4. The van der Waals surface area contributed by atoms with E-state index in [9.17, 15) is 4.79 Å². The maximum Gasteiger partial charge on any atom is 0.287 e. The van der Waals surface area contributed by atoms with Crippen molar-refractivity contribution in [2.75, 3.05) is 18.6 Å². The van der Waals surface area contributed by atoms with Crippen LogP contribution in [0, 0.1) is 6.92 Å². The maximum atomic E-state index is 12.6. The van der Waals surface area contributed by atoms with E-state index in [-0.39, 0.29) is 11.9 Å². The van der Waals surface area contributed by atoms with E-state index in [1.165, 1.54) is 5.56 Å². The molecule has 0 unspecified atom stereocenters. The first-order valence-corrected chi connectivity index (χ1v) is 10.0. The summed E-state index contributed by atoms with van der Waals surface area (Å²) >= 11 is 1.75. The molecule has 136 valence electrons. The summed E-state index contributed by atoms with van der Waals surface area (Å²) in [6, 6.07) is 17.2. The molecule has 1 N–H and O–H groups in total. The van der Waals surface area contributed by atoms with E-state index in [4.69, 9.17) is 9.15 Å². The first-order chi connectivity index (χ1) is 12.7. The highest BCUT2D eigenvalue weighted by Crippen LogP contribution is 2.19. The maximum absolute atomic E-state index is 12.6. The Labute approximate surface area is 157 Å². The van der Waals surface area contributed by atoms with Crippen molar-refractivity contribution >= 4 is 28.6 Å². The van der Waals surface area contributed by atoms with Crippen molar-refractivity contribution in [3.8, 4) is 5.75 Å². The fourth-order valence-corrected chi connectivity index (χ4v) is 3.16. The second-order valence-corrected chi connectivity index (χ2v) is 7.21. The van der Waals surface area contributed by atoms with Crippen LogP contribution in [0.1, 0.15) is 22.5 Å². The molecular formula is C21H23NO3S. The predicted octanol–water partition coefficient (Wildman–Crippen LogP) is 4.67. The third kappa shape index (κ3) is 4.82. The van der Waals surface area contributed by atoms with Crippen molar-refractivity contribution in [1.82, 2.24) is 5.32 Å². The molecule has 26 heavy (non-hydrogen) atoms. The van der Waals surface area contributed by atoms with Crippen molar-refractivity contribution in [2.24, 2.45) is 0 Å². The Bertz CT molecular complexity index is 824. The number of para-hydroxylation sites is 1. The smallest absolute Gasteiger partial charge is 0.287 e. The van der Waals surface area contributed by atoms with Gasteiger partial charge >= 0.3 is 0 Å². The standard InChI is InChI=1S/C21H23NO3S/c1-15-7-9-18(10-8-15)24-14-17(11-12-26-2)22-21(23)20-13-16-5-3-4-6-19(16)25-20/h3-10,13,17H,11-12,14H2,1-2H3,(H,22,23)/t17-/m0/s1. The number of ether oxygens (including phenoxy) is 1. The summed E-state index contributed by atoms with van der Waals surface area (Å²) in [5.74, 6) is 1.88. The average Bonchev–Trinajstić information content (AvgIpc) is 3.09. The molecule has 1 atom stereocenters. The summed E-state index contributed by atoms with van der Waals surface area (Å²) in [7, 11) is 0. The molecule has 0 bridgehead atoms. The first-order valence-electron chi connectivity index (χ1n) is 8.63. The molecule has 3 rings (SSSR count). The molecule has 0 spiro atoms. The molecule has 0 radical (unpaired) electrons. The zero-order chi connectivity index (χ0) is 18.4. The van der Waals surface area contributed by atoms with Crippen LogP contribution in [0.2, 0.25) is 0 Å². The molecule has 1 aromatic heterocycles. The number of hydrogen-bond donors (Lipinski definition) is 1. The number of aryl methyl sites for hydroxylation is 1. The number of carbonyl (C=O) groups is 1. The van der Waals surface area contributed by atoms with Gasteiger partial charge in [-0.1, -0.05) is 35.9 Å². The fraction of sp³-hybridized carbons (Fsp3) is 0.286. The fourth-order valence-electron chi connectivity index (χ4n) is 2.64. The highest BCUT2D eigenvalue weighted by molar-refractivity contribution is 7.98. The zero-order valence-corrected chi connectivity index (χ0v) is 15.8. The molecular weight excluding hydrogens is 346 g/mol. The van der Waals surface area contributed by atoms with Gasteiger partial charge < -0.3 is 14.5 Å². The molecule has 1 amide bonds. The van der Waals surface area contributed by atoms with Crippen LogP contribution in [-0.2, 0) is 0 Å². The van der Waals surface area contributed by atoms with Crippen molar-refractivity contribution in [3.05, 3.63) is 65.9 Å². The molecule has 4 nitrogen and oxygen atoms in total. The Morgan fingerprint density at radius 1 is 1.19 bits per heavy atom. The summed E-state index contributed by atoms with van der Waals surface area (Å²) < 4.78 is 11.5. The minimum Gasteiger partial charge on any atom is -0.491 e. The Balaban J connectivity index is 1.64. The van der Waals surface area contributed by atoms with Crippen LogP contribution in [0.15, 0.2) is 59.0 Å². The molecule has 0 aliphatic carbocycles. The molecule has 0 saturated carbocycles. The van der Waals surface area contributed by atoms with Crippen LogP contribution in [0.3, 0.4) is 0 Å². The molecule has 3 aromatic rings. The molecule has 0 aliphatic heterocycles. The quantitative estimate of drug-likeness (QED) is 0.627. The van der Waals surface area contributed by atoms with Gasteiger partial charge in [-0.25, -0.2) is 0 Å². The Kier molecular flexibility index (Phi) is 6.23. The van der Waals surface area contributed by atoms with Crippen LogP contribution < -0.4 is 10.1 Å². The van der Waals surface area contributed by atoms with Gasteiger partial charge in [0.2, 0.25) is 0 Å². The number of nitrogens with one attached hydrogen (secondary N) is 1. The lowest BCUT2D eigenvalue weighted by molar-refractivity contribution is 0.0894. The monoisotopic (exact) mass is 369 g/mol. The van der Waals surface area contributed by atoms with E-state index in [0.29, 0.717) is 18.0 Å². The van der Waals surface area contributed by atoms with Crippen LogP contribution in [-0.4, -0.2) is 30.6 Å². The SMILES string of the molecule is CSCC[C@@H](COc1ccc(C)cc1)NC(=O)c1cc2ccccc2o1. The Morgan fingerprint density at radius 2 is 1.96 bits per heavy atom. The van der Waals surface area contributed by atoms with E-state index >= 15 is 0 Å². The summed E-state index contributed by atoms with van der Waals surface area (Å²) in [6.07, 6.45) is 2.89. The largest absolute Gasteiger partial charge is 0.491 e. The summed E-state index contributed by atoms with van der Waals surface area (Å²) in [5.41, 5.74) is 1.91. The van der Waals surface area contributed by atoms with Gasteiger partial charge in [-0.3, -0.25) is 4.79 Å². The lowest BCUT2D eigenvalue weighted by Gasteiger charge is -2.18. The Hall–Kier alpha value is -2.40. The molecule has 0 aliphatic rings. The zero-order valence-electron chi connectivity index (χ0n) is 15.0. The second-order valence-electron chi connectivity index (χ2n) is 6.22. The lowest BCUT2D eigenvalue weighted by Crippen LogP contribution is -2.39. The number of benzene rings is 2. The summed E-state index contributed by atoms with van der Waals surface area (Å²) in [5, 5.41) is 3.96. The van der Waals surface area contributed by atoms with Crippen LogP contribution in [0.5, 0.6) is 5.75 Å². The number of amides is 1. The van der Waals surface area contributed by atoms with E-state index in [2.05, 4.69) is 11.6 Å². The van der Waals surface area contributed by atoms with Crippen molar-refractivity contribution < 1.29 is 13.9 Å². The molecule has 0 fully saturated rings. The van der Waals surface area contributed by atoms with Crippen LogP contribution in [0.4, 0.5) is 0 Å². The molecule has 5 heteroatoms. The topological polar surface area (TPSA) is 51.5 Å². The highest BCUT2D eigenvalue weighted by atomic mass is 32.2. The Morgan fingerprint density at radius 3 is 2.69 bits per heavy atom. The van der Waals surface area contributed by atoms with Gasteiger partial charge in [0.1, 0.15) is 17.9 Å². The lowest BCUT2D eigenvalue weighted by atomic mass is 10.2. The van der Waals surface area contributed by atoms with Gasteiger partial charge in [-0.05, 0) is 49.6 Å². The molecule has 0 saturated heterocycles. The number of rotatable bonds is 8. The number of carbonyl (C=O) groups excluding carboxylic acids is 1.